The first-order chi connectivity index (χ1) is 8.04. The Balaban J connectivity index is 2.51. The molecule has 0 saturated heterocycles. The Kier molecular flexibility index (Phi) is 4.71. The quantitative estimate of drug-likeness (QED) is 0.751. The summed E-state index contributed by atoms with van der Waals surface area (Å²) in [6, 6.07) is 3.04. The van der Waals surface area contributed by atoms with Crippen LogP contribution >= 0.6 is 0 Å². The molecule has 0 radical (unpaired) electrons. The van der Waals surface area contributed by atoms with Gasteiger partial charge in [0, 0.05) is 19.9 Å². The fourth-order valence-electron chi connectivity index (χ4n) is 1.30. The van der Waals surface area contributed by atoms with Gasteiger partial charge in [0.05, 0.1) is 6.10 Å². The normalized spacial score (nSPS) is 12.1. The second kappa shape index (κ2) is 6.05. The highest BCUT2D eigenvalue weighted by molar-refractivity contribution is 5.86. The van der Waals surface area contributed by atoms with Crippen LogP contribution in [0.1, 0.15) is 17.4 Å². The van der Waals surface area contributed by atoms with Crippen LogP contribution in [0.2, 0.25) is 0 Å². The molecule has 1 heterocycles. The zero-order valence-electron chi connectivity index (χ0n) is 9.84. The van der Waals surface area contributed by atoms with Crippen LogP contribution in [0.4, 0.5) is 0 Å². The number of amides is 1. The van der Waals surface area contributed by atoms with Gasteiger partial charge in [-0.25, -0.2) is 4.79 Å². The number of carboxylic acids is 1. The first kappa shape index (κ1) is 13.2. The van der Waals surface area contributed by atoms with Crippen LogP contribution in [0.15, 0.2) is 18.3 Å². The fraction of sp³-hybridized carbons (Fsp3) is 0.455. The largest absolute Gasteiger partial charge is 0.477 e. The number of nitrogens with one attached hydrogen (secondary N) is 1. The highest BCUT2D eigenvalue weighted by Crippen LogP contribution is 2.01. The van der Waals surface area contributed by atoms with Gasteiger partial charge in [-0.1, -0.05) is 0 Å². The second-order valence-electron chi connectivity index (χ2n) is 3.68. The van der Waals surface area contributed by atoms with Crippen LogP contribution in [0.25, 0.3) is 0 Å². The molecule has 1 aromatic heterocycles. The highest BCUT2D eigenvalue weighted by Gasteiger charge is 2.11. The average molecular weight is 240 g/mol. The average Bonchev–Trinajstić information content (AvgIpc) is 2.74. The van der Waals surface area contributed by atoms with Gasteiger partial charge >= 0.3 is 5.97 Å². The molecule has 0 aliphatic carbocycles. The third-order valence-electron chi connectivity index (χ3n) is 2.35. The van der Waals surface area contributed by atoms with Gasteiger partial charge in [-0.3, -0.25) is 4.79 Å². The van der Waals surface area contributed by atoms with Crippen molar-refractivity contribution in [3.8, 4) is 0 Å². The van der Waals surface area contributed by atoms with Gasteiger partial charge in [-0.15, -0.1) is 0 Å². The summed E-state index contributed by atoms with van der Waals surface area (Å²) in [4.78, 5) is 22.3. The Morgan fingerprint density at radius 3 is 2.88 bits per heavy atom. The summed E-state index contributed by atoms with van der Waals surface area (Å²) in [5, 5.41) is 11.5. The van der Waals surface area contributed by atoms with Crippen LogP contribution in [-0.4, -0.2) is 41.3 Å². The van der Waals surface area contributed by atoms with Crippen molar-refractivity contribution in [1.82, 2.24) is 9.88 Å². The van der Waals surface area contributed by atoms with E-state index in [0.29, 0.717) is 6.54 Å². The van der Waals surface area contributed by atoms with Gasteiger partial charge in [0.2, 0.25) is 5.91 Å². The Bertz CT molecular complexity index is 400. The Morgan fingerprint density at radius 2 is 2.29 bits per heavy atom. The summed E-state index contributed by atoms with van der Waals surface area (Å²) in [5.41, 5.74) is 0.0972. The molecule has 1 atom stereocenters. The maximum atomic E-state index is 11.5. The predicted molar refractivity (Wildman–Crippen MR) is 60.9 cm³/mol. The van der Waals surface area contributed by atoms with E-state index in [1.165, 1.54) is 10.6 Å². The number of aromatic carboxylic acids is 1. The monoisotopic (exact) mass is 240 g/mol. The topological polar surface area (TPSA) is 80.6 Å². The molecule has 0 aliphatic rings. The molecule has 1 aromatic rings. The highest BCUT2D eigenvalue weighted by atomic mass is 16.5. The molecular formula is C11H16N2O4. The summed E-state index contributed by atoms with van der Waals surface area (Å²) in [6.45, 7) is 2.22. The van der Waals surface area contributed by atoms with Crippen LogP contribution in [0, 0.1) is 0 Å². The molecule has 1 amide bonds. The maximum absolute atomic E-state index is 11.5. The van der Waals surface area contributed by atoms with E-state index >= 15 is 0 Å². The maximum Gasteiger partial charge on any atom is 0.352 e. The van der Waals surface area contributed by atoms with E-state index < -0.39 is 5.97 Å². The molecule has 0 bridgehead atoms. The molecule has 0 spiro atoms. The SMILES string of the molecule is COC(C)CNC(=O)Cn1cccc1C(=O)O. The van der Waals surface area contributed by atoms with Crippen molar-refractivity contribution in [1.29, 1.82) is 0 Å². The third kappa shape index (κ3) is 3.92. The summed E-state index contributed by atoms with van der Waals surface area (Å²) >= 11 is 0. The zero-order valence-corrected chi connectivity index (χ0v) is 9.84. The molecule has 0 fully saturated rings. The fourth-order valence-corrected chi connectivity index (χ4v) is 1.30. The van der Waals surface area contributed by atoms with Crippen molar-refractivity contribution in [3.63, 3.8) is 0 Å². The van der Waals surface area contributed by atoms with Crippen LogP contribution < -0.4 is 5.32 Å². The smallest absolute Gasteiger partial charge is 0.352 e. The minimum absolute atomic E-state index is 0.00886. The molecule has 1 rings (SSSR count). The molecule has 2 N–H and O–H groups in total. The Labute approximate surface area is 99.2 Å². The van der Waals surface area contributed by atoms with Crippen molar-refractivity contribution >= 4 is 11.9 Å². The Morgan fingerprint density at radius 1 is 1.59 bits per heavy atom. The summed E-state index contributed by atoms with van der Waals surface area (Å²) in [7, 11) is 1.56. The number of aromatic nitrogens is 1. The zero-order chi connectivity index (χ0) is 12.8. The van der Waals surface area contributed by atoms with Crippen molar-refractivity contribution in [2.75, 3.05) is 13.7 Å². The van der Waals surface area contributed by atoms with E-state index in [-0.39, 0.29) is 24.2 Å². The van der Waals surface area contributed by atoms with Gasteiger partial charge in [0.1, 0.15) is 12.2 Å². The van der Waals surface area contributed by atoms with E-state index in [0.717, 1.165) is 0 Å². The van der Waals surface area contributed by atoms with E-state index in [4.69, 9.17) is 9.84 Å². The summed E-state index contributed by atoms with van der Waals surface area (Å²) in [6.07, 6.45) is 1.49. The standard InChI is InChI=1S/C11H16N2O4/c1-8(17-2)6-12-10(14)7-13-5-3-4-9(13)11(15)16/h3-5,8H,6-7H2,1-2H3,(H,12,14)(H,15,16). The lowest BCUT2D eigenvalue weighted by molar-refractivity contribution is -0.122. The minimum atomic E-state index is -1.05. The van der Waals surface area contributed by atoms with E-state index in [9.17, 15) is 9.59 Å². The van der Waals surface area contributed by atoms with E-state index in [2.05, 4.69) is 5.32 Å². The number of ether oxygens (including phenoxy) is 1. The molecule has 0 aliphatic heterocycles. The van der Waals surface area contributed by atoms with Crippen molar-refractivity contribution in [3.05, 3.63) is 24.0 Å². The molecule has 6 nitrogen and oxygen atoms in total. The lowest BCUT2D eigenvalue weighted by atomic mass is 10.4. The number of rotatable bonds is 6. The predicted octanol–water partition coefficient (Wildman–Crippen LogP) is 0.337. The number of carbonyl (C=O) groups excluding carboxylic acids is 1. The minimum Gasteiger partial charge on any atom is -0.477 e. The van der Waals surface area contributed by atoms with Gasteiger partial charge < -0.3 is 19.7 Å². The van der Waals surface area contributed by atoms with Crippen LogP contribution in [-0.2, 0) is 16.1 Å². The van der Waals surface area contributed by atoms with Crippen LogP contribution in [0.5, 0.6) is 0 Å². The second-order valence-corrected chi connectivity index (χ2v) is 3.68. The van der Waals surface area contributed by atoms with Crippen molar-refractivity contribution in [2.45, 2.75) is 19.6 Å². The molecule has 1 unspecified atom stereocenters. The number of carbonyl (C=O) groups is 2. The van der Waals surface area contributed by atoms with E-state index in [1.807, 2.05) is 6.92 Å². The summed E-state index contributed by atoms with van der Waals surface area (Å²) in [5.74, 6) is -1.29. The van der Waals surface area contributed by atoms with Gasteiger partial charge in [-0.05, 0) is 19.1 Å². The number of hydrogen-bond acceptors (Lipinski definition) is 3. The van der Waals surface area contributed by atoms with E-state index in [1.54, 1.807) is 19.4 Å². The summed E-state index contributed by atoms with van der Waals surface area (Å²) < 4.78 is 6.37. The molecule has 6 heteroatoms. The third-order valence-corrected chi connectivity index (χ3v) is 2.35. The first-order valence-corrected chi connectivity index (χ1v) is 5.22. The lowest BCUT2D eigenvalue weighted by Gasteiger charge is -2.11. The molecule has 17 heavy (non-hydrogen) atoms. The first-order valence-electron chi connectivity index (χ1n) is 5.22. The Hall–Kier alpha value is -1.82. The number of nitrogens with zero attached hydrogens (tertiary/aromatic N) is 1. The van der Waals surface area contributed by atoms with Gasteiger partial charge in [0.15, 0.2) is 0 Å². The number of methoxy groups -OCH3 is 1. The molecule has 94 valence electrons. The molecule has 0 aromatic carbocycles. The van der Waals surface area contributed by atoms with Crippen LogP contribution in [0.3, 0.4) is 0 Å². The molecule has 0 saturated carbocycles. The van der Waals surface area contributed by atoms with Gasteiger partial charge in [-0.2, -0.15) is 0 Å². The van der Waals surface area contributed by atoms with Crippen molar-refractivity contribution < 1.29 is 19.4 Å². The van der Waals surface area contributed by atoms with Gasteiger partial charge in [0.25, 0.3) is 0 Å². The molecular weight excluding hydrogens is 224 g/mol. The number of hydrogen-bond donors (Lipinski definition) is 2. The van der Waals surface area contributed by atoms with Crippen molar-refractivity contribution in [2.24, 2.45) is 0 Å². The number of carboxylic acid groups (broad SMARTS) is 1. The lowest BCUT2D eigenvalue weighted by Crippen LogP contribution is -2.34.